The molecule has 45 heavy (non-hydrogen) atoms. The van der Waals surface area contributed by atoms with Gasteiger partial charge >= 0.3 is 12.1 Å². The van der Waals surface area contributed by atoms with Crippen molar-refractivity contribution in [2.75, 3.05) is 30.4 Å². The van der Waals surface area contributed by atoms with Gasteiger partial charge in [0.25, 0.3) is 5.91 Å². The first-order valence-electron chi connectivity index (χ1n) is 14.8. The zero-order chi connectivity index (χ0) is 32.6. The monoisotopic (exact) mass is 653 g/mol. The second-order valence-corrected chi connectivity index (χ2v) is 13.6. The lowest BCUT2D eigenvalue weighted by atomic mass is 10.0. The average Bonchev–Trinajstić information content (AvgIpc) is 3.35. The zero-order valence-electron chi connectivity index (χ0n) is 26.1. The summed E-state index contributed by atoms with van der Waals surface area (Å²) in [5.74, 6) is -0.464. The SMILES string of the molecule is CCOC(=O)c1c(NC(=O)C(CC)Sc2cccc(NC(=O)COc3ccccc3)c2)sc2c1CCN(C(=O)OC(C)(C)C)C2. The van der Waals surface area contributed by atoms with Crippen LogP contribution in [0.25, 0.3) is 0 Å². The molecule has 1 aromatic heterocycles. The fourth-order valence-corrected chi connectivity index (χ4v) is 6.85. The van der Waals surface area contributed by atoms with Gasteiger partial charge in [0.1, 0.15) is 16.4 Å². The van der Waals surface area contributed by atoms with Gasteiger partial charge < -0.3 is 29.7 Å². The van der Waals surface area contributed by atoms with Gasteiger partial charge in [0, 0.05) is 22.0 Å². The van der Waals surface area contributed by atoms with Crippen molar-refractivity contribution in [2.45, 2.75) is 69.8 Å². The number of thiophene rings is 1. The smallest absolute Gasteiger partial charge is 0.410 e. The lowest BCUT2D eigenvalue weighted by molar-refractivity contribution is -0.118. The molecule has 2 heterocycles. The number of benzene rings is 2. The van der Waals surface area contributed by atoms with E-state index in [0.29, 0.717) is 41.4 Å². The summed E-state index contributed by atoms with van der Waals surface area (Å²) < 4.78 is 16.4. The second-order valence-electron chi connectivity index (χ2n) is 11.3. The van der Waals surface area contributed by atoms with Crippen molar-refractivity contribution in [1.82, 2.24) is 4.90 Å². The van der Waals surface area contributed by atoms with Gasteiger partial charge in [0.2, 0.25) is 5.91 Å². The maximum absolute atomic E-state index is 13.6. The predicted octanol–water partition coefficient (Wildman–Crippen LogP) is 6.74. The minimum absolute atomic E-state index is 0.134. The topological polar surface area (TPSA) is 123 Å². The van der Waals surface area contributed by atoms with Gasteiger partial charge in [-0.3, -0.25) is 9.59 Å². The first-order valence-corrected chi connectivity index (χ1v) is 16.5. The number of anilines is 2. The van der Waals surface area contributed by atoms with Crippen molar-refractivity contribution < 1.29 is 33.4 Å². The molecule has 1 unspecified atom stereocenters. The summed E-state index contributed by atoms with van der Waals surface area (Å²) in [5, 5.41) is 5.74. The second kappa shape index (κ2) is 15.3. The van der Waals surface area contributed by atoms with Crippen LogP contribution in [0.3, 0.4) is 0 Å². The van der Waals surface area contributed by atoms with Crippen molar-refractivity contribution in [1.29, 1.82) is 0 Å². The summed E-state index contributed by atoms with van der Waals surface area (Å²) in [6.07, 6.45) is 0.537. The van der Waals surface area contributed by atoms with Gasteiger partial charge in [-0.15, -0.1) is 23.1 Å². The summed E-state index contributed by atoms with van der Waals surface area (Å²) in [5.41, 5.74) is 1.09. The summed E-state index contributed by atoms with van der Waals surface area (Å²) in [4.78, 5) is 55.0. The molecule has 0 aliphatic carbocycles. The standard InChI is InChI=1S/C33H39N3O7S2/c1-6-25(44-23-15-11-12-21(18-23)34-27(37)20-42-22-13-9-8-10-14-22)29(38)35-30-28(31(39)41-7-2)24-16-17-36(19-26(24)45-30)32(40)43-33(3,4)5/h8-15,18,25H,6-7,16-17,19-20H2,1-5H3,(H,34,37)(H,35,38). The minimum Gasteiger partial charge on any atom is -0.484 e. The largest absolute Gasteiger partial charge is 0.484 e. The van der Waals surface area contributed by atoms with Crippen LogP contribution in [0.2, 0.25) is 0 Å². The van der Waals surface area contributed by atoms with Gasteiger partial charge in [0.05, 0.1) is 24.0 Å². The molecule has 3 aromatic rings. The van der Waals surface area contributed by atoms with E-state index >= 15 is 0 Å². The van der Waals surface area contributed by atoms with Crippen LogP contribution in [0.15, 0.2) is 59.5 Å². The molecule has 0 radical (unpaired) electrons. The molecule has 0 fully saturated rings. The molecule has 3 amide bonds. The Bertz CT molecular complexity index is 1520. The van der Waals surface area contributed by atoms with Gasteiger partial charge in [-0.05, 0) is 76.4 Å². The number of esters is 1. The van der Waals surface area contributed by atoms with E-state index in [2.05, 4.69) is 10.6 Å². The first-order chi connectivity index (χ1) is 21.5. The molecule has 1 atom stereocenters. The number of ether oxygens (including phenoxy) is 3. The van der Waals surface area contributed by atoms with E-state index in [1.165, 1.54) is 23.1 Å². The lowest BCUT2D eigenvalue weighted by Crippen LogP contribution is -2.39. The fourth-order valence-electron chi connectivity index (χ4n) is 4.58. The van der Waals surface area contributed by atoms with Crippen LogP contribution in [-0.2, 0) is 32.0 Å². The van der Waals surface area contributed by atoms with E-state index in [0.717, 1.165) is 15.3 Å². The van der Waals surface area contributed by atoms with E-state index < -0.39 is 22.9 Å². The number of nitrogens with zero attached hydrogens (tertiary/aromatic N) is 1. The highest BCUT2D eigenvalue weighted by molar-refractivity contribution is 8.00. The van der Waals surface area contributed by atoms with Gasteiger partial charge in [-0.25, -0.2) is 9.59 Å². The molecule has 1 aliphatic heterocycles. The first kappa shape index (κ1) is 33.9. The Morgan fingerprint density at radius 1 is 1.02 bits per heavy atom. The normalized spacial score (nSPS) is 13.3. The summed E-state index contributed by atoms with van der Waals surface area (Å²) in [7, 11) is 0. The van der Waals surface area contributed by atoms with E-state index in [-0.39, 0.29) is 31.6 Å². The molecule has 2 N–H and O–H groups in total. The molecular weight excluding hydrogens is 615 g/mol. The van der Waals surface area contributed by atoms with Crippen molar-refractivity contribution >= 4 is 57.7 Å². The van der Waals surface area contributed by atoms with Gasteiger partial charge in [-0.2, -0.15) is 0 Å². The Labute approximate surface area is 271 Å². The molecular formula is C33H39N3O7S2. The lowest BCUT2D eigenvalue weighted by Gasteiger charge is -2.30. The number of hydrogen-bond donors (Lipinski definition) is 2. The Morgan fingerprint density at radius 2 is 1.78 bits per heavy atom. The Morgan fingerprint density at radius 3 is 2.47 bits per heavy atom. The molecule has 4 rings (SSSR count). The molecule has 0 spiro atoms. The Balaban J connectivity index is 1.44. The summed E-state index contributed by atoms with van der Waals surface area (Å²) in [6.45, 7) is 9.81. The van der Waals surface area contributed by atoms with Crippen LogP contribution >= 0.6 is 23.1 Å². The third-order valence-corrected chi connectivity index (χ3v) is 9.09. The van der Waals surface area contributed by atoms with Crippen molar-refractivity contribution in [2.24, 2.45) is 0 Å². The number of amides is 3. The number of nitrogens with one attached hydrogen (secondary N) is 2. The van der Waals surface area contributed by atoms with E-state index in [1.54, 1.807) is 36.1 Å². The maximum Gasteiger partial charge on any atom is 0.410 e. The number of thioether (sulfide) groups is 1. The Kier molecular flexibility index (Phi) is 11.5. The van der Waals surface area contributed by atoms with Gasteiger partial charge in [-0.1, -0.05) is 31.2 Å². The molecule has 0 saturated heterocycles. The summed E-state index contributed by atoms with van der Waals surface area (Å²) in [6, 6.07) is 16.3. The highest BCUT2D eigenvalue weighted by Crippen LogP contribution is 2.39. The van der Waals surface area contributed by atoms with Crippen LogP contribution < -0.4 is 15.4 Å². The van der Waals surface area contributed by atoms with Crippen LogP contribution in [0.4, 0.5) is 15.5 Å². The van der Waals surface area contributed by atoms with Crippen LogP contribution in [0, 0.1) is 0 Å². The summed E-state index contributed by atoms with van der Waals surface area (Å²) >= 11 is 2.64. The zero-order valence-corrected chi connectivity index (χ0v) is 27.8. The average molecular weight is 654 g/mol. The third-order valence-electron chi connectivity index (χ3n) is 6.60. The minimum atomic E-state index is -0.628. The number of fused-ring (bicyclic) bond motifs is 1. The molecule has 1 aliphatic rings. The molecule has 2 aromatic carbocycles. The van der Waals surface area contributed by atoms with E-state index in [4.69, 9.17) is 14.2 Å². The predicted molar refractivity (Wildman–Crippen MR) is 176 cm³/mol. The highest BCUT2D eigenvalue weighted by atomic mass is 32.2. The molecule has 0 saturated carbocycles. The van der Waals surface area contributed by atoms with Crippen LogP contribution in [0.5, 0.6) is 5.75 Å². The Hall–Kier alpha value is -4.03. The van der Waals surface area contributed by atoms with E-state index in [1.807, 2.05) is 58.0 Å². The maximum atomic E-state index is 13.6. The van der Waals surface area contributed by atoms with Crippen molar-refractivity contribution in [3.8, 4) is 5.75 Å². The highest BCUT2D eigenvalue weighted by Gasteiger charge is 2.33. The van der Waals surface area contributed by atoms with Crippen molar-refractivity contribution in [3.05, 3.63) is 70.6 Å². The van der Waals surface area contributed by atoms with Crippen molar-refractivity contribution in [3.63, 3.8) is 0 Å². The molecule has 0 bridgehead atoms. The molecule has 240 valence electrons. The number of para-hydroxylation sites is 1. The number of rotatable bonds is 11. The fraction of sp³-hybridized carbons (Fsp3) is 0.394. The quantitative estimate of drug-likeness (QED) is 0.172. The number of hydrogen-bond acceptors (Lipinski definition) is 9. The van der Waals surface area contributed by atoms with Crippen LogP contribution in [-0.4, -0.2) is 59.4 Å². The molecule has 10 nitrogen and oxygen atoms in total. The molecule has 12 heteroatoms. The van der Waals surface area contributed by atoms with Crippen LogP contribution in [0.1, 0.15) is 61.8 Å². The van der Waals surface area contributed by atoms with E-state index in [9.17, 15) is 19.2 Å². The number of carbonyl (C=O) groups is 4. The third kappa shape index (κ3) is 9.48. The number of carbonyl (C=O) groups excluding carboxylic acids is 4. The van der Waals surface area contributed by atoms with Gasteiger partial charge in [0.15, 0.2) is 6.61 Å².